The minimum atomic E-state index is 0.0761. The summed E-state index contributed by atoms with van der Waals surface area (Å²) in [6.07, 6.45) is 1.17. The van der Waals surface area contributed by atoms with Crippen LogP contribution in [0.4, 0.5) is 0 Å². The third-order valence-electron chi connectivity index (χ3n) is 2.94. The molecule has 0 N–H and O–H groups in total. The van der Waals surface area contributed by atoms with Gasteiger partial charge >= 0.3 is 0 Å². The van der Waals surface area contributed by atoms with Gasteiger partial charge in [0.15, 0.2) is 0 Å². The topological polar surface area (TPSA) is 42.4 Å². The van der Waals surface area contributed by atoms with Crippen molar-refractivity contribution >= 4 is 40.2 Å². The zero-order valence-electron chi connectivity index (χ0n) is 12.0. The molecule has 0 saturated heterocycles. The second-order valence-electron chi connectivity index (χ2n) is 4.59. The Morgan fingerprint density at radius 2 is 2.29 bits per heavy atom. The number of halogens is 1. The fourth-order valence-electron chi connectivity index (χ4n) is 1.79. The highest BCUT2D eigenvalue weighted by atomic mass is 35.5. The molecule has 0 saturated carbocycles. The number of hydrogen-bond donors (Lipinski definition) is 0. The van der Waals surface area contributed by atoms with Gasteiger partial charge in [-0.05, 0) is 18.6 Å². The molecule has 2 heterocycles. The molecular formula is C14H17ClN2O2S2. The summed E-state index contributed by atoms with van der Waals surface area (Å²) in [7, 11) is 3.47. The van der Waals surface area contributed by atoms with Crippen molar-refractivity contribution in [3.05, 3.63) is 27.5 Å². The van der Waals surface area contributed by atoms with Gasteiger partial charge in [0.2, 0.25) is 5.91 Å². The number of carbonyl (C=O) groups excluding carboxylic acids is 1. The van der Waals surface area contributed by atoms with Gasteiger partial charge in [0, 0.05) is 32.7 Å². The minimum Gasteiger partial charge on any atom is -0.385 e. The van der Waals surface area contributed by atoms with Crippen LogP contribution >= 0.6 is 34.3 Å². The van der Waals surface area contributed by atoms with Crippen LogP contribution in [0.5, 0.6) is 0 Å². The first kappa shape index (κ1) is 16.4. The Morgan fingerprint density at radius 3 is 2.95 bits per heavy atom. The summed E-state index contributed by atoms with van der Waals surface area (Å²) in [5.41, 5.74) is 0.808. The average Bonchev–Trinajstić information content (AvgIpc) is 3.07. The van der Waals surface area contributed by atoms with Gasteiger partial charge in [-0.2, -0.15) is 0 Å². The van der Waals surface area contributed by atoms with Crippen LogP contribution in [0.15, 0.2) is 17.5 Å². The molecule has 0 aliphatic heterocycles. The SMILES string of the molecule is COCCCN(C)C(=O)Cc1csc(-c2ccc(Cl)s2)n1. The first-order chi connectivity index (χ1) is 10.1. The lowest BCUT2D eigenvalue weighted by Crippen LogP contribution is -2.29. The largest absolute Gasteiger partial charge is 0.385 e. The molecule has 0 atom stereocenters. The molecule has 0 bridgehead atoms. The van der Waals surface area contributed by atoms with E-state index in [1.54, 1.807) is 23.3 Å². The molecule has 0 fully saturated rings. The number of ether oxygens (including phenoxy) is 1. The van der Waals surface area contributed by atoms with Crippen LogP contribution < -0.4 is 0 Å². The highest BCUT2D eigenvalue weighted by molar-refractivity contribution is 7.23. The molecule has 4 nitrogen and oxygen atoms in total. The molecule has 0 radical (unpaired) electrons. The van der Waals surface area contributed by atoms with E-state index >= 15 is 0 Å². The van der Waals surface area contributed by atoms with E-state index < -0.39 is 0 Å². The average molecular weight is 345 g/mol. The number of aromatic nitrogens is 1. The molecule has 2 aromatic heterocycles. The van der Waals surface area contributed by atoms with E-state index in [-0.39, 0.29) is 5.91 Å². The summed E-state index contributed by atoms with van der Waals surface area (Å²) in [4.78, 5) is 19.4. The maximum atomic E-state index is 12.1. The maximum Gasteiger partial charge on any atom is 0.228 e. The first-order valence-corrected chi connectivity index (χ1v) is 8.60. The molecule has 1 amide bonds. The van der Waals surface area contributed by atoms with Crippen LogP contribution in [-0.2, 0) is 16.0 Å². The van der Waals surface area contributed by atoms with Crippen molar-refractivity contribution < 1.29 is 9.53 Å². The van der Waals surface area contributed by atoms with Crippen LogP contribution in [0, 0.1) is 0 Å². The van der Waals surface area contributed by atoms with Gasteiger partial charge in [-0.1, -0.05) is 11.6 Å². The van der Waals surface area contributed by atoms with E-state index in [4.69, 9.17) is 16.3 Å². The van der Waals surface area contributed by atoms with Crippen molar-refractivity contribution in [2.75, 3.05) is 27.3 Å². The Morgan fingerprint density at radius 1 is 1.48 bits per heavy atom. The van der Waals surface area contributed by atoms with Crippen molar-refractivity contribution in [1.82, 2.24) is 9.88 Å². The van der Waals surface area contributed by atoms with E-state index in [2.05, 4.69) is 4.98 Å². The van der Waals surface area contributed by atoms with Crippen LogP contribution in [-0.4, -0.2) is 43.1 Å². The normalized spacial score (nSPS) is 10.8. The van der Waals surface area contributed by atoms with Crippen LogP contribution in [0.25, 0.3) is 9.88 Å². The molecule has 7 heteroatoms. The summed E-state index contributed by atoms with van der Waals surface area (Å²) >= 11 is 8.97. The number of methoxy groups -OCH3 is 1. The quantitative estimate of drug-likeness (QED) is 0.721. The maximum absolute atomic E-state index is 12.1. The third kappa shape index (κ3) is 4.78. The number of nitrogens with zero attached hydrogens (tertiary/aromatic N) is 2. The molecular weight excluding hydrogens is 328 g/mol. The Labute approximate surface area is 137 Å². The lowest BCUT2D eigenvalue weighted by molar-refractivity contribution is -0.129. The molecule has 2 rings (SSSR count). The predicted molar refractivity (Wildman–Crippen MR) is 88.3 cm³/mol. The number of hydrogen-bond acceptors (Lipinski definition) is 5. The Bertz CT molecular complexity index is 597. The summed E-state index contributed by atoms with van der Waals surface area (Å²) < 4.78 is 5.73. The van der Waals surface area contributed by atoms with Gasteiger partial charge < -0.3 is 9.64 Å². The number of carbonyl (C=O) groups is 1. The van der Waals surface area contributed by atoms with Gasteiger partial charge in [-0.25, -0.2) is 4.98 Å². The molecule has 2 aromatic rings. The molecule has 0 aliphatic carbocycles. The zero-order valence-corrected chi connectivity index (χ0v) is 14.4. The molecule has 0 unspecified atom stereocenters. The van der Waals surface area contributed by atoms with Gasteiger partial charge in [0.1, 0.15) is 5.01 Å². The van der Waals surface area contributed by atoms with Gasteiger partial charge in [0.25, 0.3) is 0 Å². The second kappa shape index (κ2) is 7.89. The van der Waals surface area contributed by atoms with E-state index in [9.17, 15) is 4.79 Å². The molecule has 21 heavy (non-hydrogen) atoms. The molecule has 0 aromatic carbocycles. The number of amides is 1. The number of thiophene rings is 1. The van der Waals surface area contributed by atoms with Crippen molar-refractivity contribution in [2.24, 2.45) is 0 Å². The fraction of sp³-hybridized carbons (Fsp3) is 0.429. The summed E-state index contributed by atoms with van der Waals surface area (Å²) in [6, 6.07) is 3.81. The van der Waals surface area contributed by atoms with E-state index in [0.29, 0.717) is 19.6 Å². The zero-order chi connectivity index (χ0) is 15.2. The lowest BCUT2D eigenvalue weighted by Gasteiger charge is -2.16. The smallest absolute Gasteiger partial charge is 0.228 e. The fourth-order valence-corrected chi connectivity index (χ4v) is 3.73. The second-order valence-corrected chi connectivity index (χ2v) is 7.16. The van der Waals surface area contributed by atoms with E-state index in [0.717, 1.165) is 26.3 Å². The Balaban J connectivity index is 1.91. The van der Waals surface area contributed by atoms with Crippen LogP contribution in [0.3, 0.4) is 0 Å². The standard InChI is InChI=1S/C14H17ClN2O2S2/c1-17(6-3-7-19-2)13(18)8-10-9-20-14(16-10)11-4-5-12(15)21-11/h4-5,9H,3,6-8H2,1-2H3. The lowest BCUT2D eigenvalue weighted by atomic mass is 10.3. The minimum absolute atomic E-state index is 0.0761. The van der Waals surface area contributed by atoms with Gasteiger partial charge in [-0.15, -0.1) is 22.7 Å². The van der Waals surface area contributed by atoms with E-state index in [1.807, 2.05) is 24.6 Å². The molecule has 0 spiro atoms. The number of likely N-dealkylation sites (N-methyl/N-ethyl adjacent to an activating group) is 1. The Kier molecular flexibility index (Phi) is 6.17. The highest BCUT2D eigenvalue weighted by Crippen LogP contribution is 2.32. The Hall–Kier alpha value is -0.950. The van der Waals surface area contributed by atoms with Crippen LogP contribution in [0.2, 0.25) is 4.34 Å². The number of rotatable bonds is 7. The van der Waals surface area contributed by atoms with Crippen molar-refractivity contribution in [2.45, 2.75) is 12.8 Å². The molecule has 0 aliphatic rings. The van der Waals surface area contributed by atoms with Crippen molar-refractivity contribution in [1.29, 1.82) is 0 Å². The third-order valence-corrected chi connectivity index (χ3v) is 5.23. The summed E-state index contributed by atoms with van der Waals surface area (Å²) in [5, 5.41) is 2.85. The molecule has 114 valence electrons. The first-order valence-electron chi connectivity index (χ1n) is 6.53. The summed E-state index contributed by atoms with van der Waals surface area (Å²) in [5.74, 6) is 0.0761. The van der Waals surface area contributed by atoms with E-state index in [1.165, 1.54) is 11.3 Å². The van der Waals surface area contributed by atoms with Crippen molar-refractivity contribution in [3.8, 4) is 9.88 Å². The monoisotopic (exact) mass is 344 g/mol. The number of thiazole rings is 1. The predicted octanol–water partition coefficient (Wildman–Crippen LogP) is 3.56. The van der Waals surface area contributed by atoms with Crippen molar-refractivity contribution in [3.63, 3.8) is 0 Å². The van der Waals surface area contributed by atoms with Crippen LogP contribution in [0.1, 0.15) is 12.1 Å². The van der Waals surface area contributed by atoms with Gasteiger partial charge in [-0.3, -0.25) is 4.79 Å². The van der Waals surface area contributed by atoms with Gasteiger partial charge in [0.05, 0.1) is 21.3 Å². The summed E-state index contributed by atoms with van der Waals surface area (Å²) in [6.45, 7) is 1.36. The highest BCUT2D eigenvalue weighted by Gasteiger charge is 2.13.